The maximum Gasteiger partial charge on any atom is 0.222 e. The van der Waals surface area contributed by atoms with E-state index in [4.69, 9.17) is 0 Å². The van der Waals surface area contributed by atoms with Crippen molar-refractivity contribution < 1.29 is 9.18 Å². The third-order valence-corrected chi connectivity index (χ3v) is 5.78. The van der Waals surface area contributed by atoms with Crippen LogP contribution < -0.4 is 10.6 Å². The van der Waals surface area contributed by atoms with Gasteiger partial charge >= 0.3 is 0 Å². The first-order chi connectivity index (χ1) is 13.1. The number of halogens is 1. The number of amides is 1. The first-order valence-corrected chi connectivity index (χ1v) is 9.72. The van der Waals surface area contributed by atoms with Crippen LogP contribution in [0.25, 0.3) is 0 Å². The van der Waals surface area contributed by atoms with E-state index in [-0.39, 0.29) is 17.3 Å². The van der Waals surface area contributed by atoms with Crippen LogP contribution >= 0.6 is 0 Å². The minimum Gasteiger partial charge on any atom is -0.379 e. The summed E-state index contributed by atoms with van der Waals surface area (Å²) in [5, 5.41) is 6.77. The Morgan fingerprint density at radius 1 is 1.04 bits per heavy atom. The average Bonchev–Trinajstić information content (AvgIpc) is 2.84. The molecular weight excluding hydrogens is 341 g/mol. The number of fused-ring (bicyclic) bond motifs is 1. The molecule has 5 heteroatoms. The molecule has 2 aliphatic heterocycles. The van der Waals surface area contributed by atoms with Crippen LogP contribution in [-0.4, -0.2) is 29.4 Å². The zero-order valence-corrected chi connectivity index (χ0v) is 15.5. The molecule has 0 unspecified atom stereocenters. The largest absolute Gasteiger partial charge is 0.379 e. The third kappa shape index (κ3) is 4.14. The molecule has 1 atom stereocenters. The lowest BCUT2D eigenvalue weighted by Gasteiger charge is -2.37. The number of likely N-dealkylation sites (tertiary alicyclic amines) is 1. The number of rotatable bonds is 2. The van der Waals surface area contributed by atoms with Gasteiger partial charge in [0.15, 0.2) is 0 Å². The minimum absolute atomic E-state index is 0.0968. The molecule has 2 aromatic carbocycles. The Morgan fingerprint density at radius 2 is 1.85 bits per heavy atom. The van der Waals surface area contributed by atoms with E-state index in [1.165, 1.54) is 6.07 Å². The summed E-state index contributed by atoms with van der Waals surface area (Å²) in [5.41, 5.74) is 2.73. The van der Waals surface area contributed by atoms with Gasteiger partial charge in [-0.1, -0.05) is 36.4 Å². The topological polar surface area (TPSA) is 44.4 Å². The highest BCUT2D eigenvalue weighted by Gasteiger charge is 2.36. The van der Waals surface area contributed by atoms with Crippen molar-refractivity contribution in [3.63, 3.8) is 0 Å². The van der Waals surface area contributed by atoms with Crippen LogP contribution in [0.4, 0.5) is 10.1 Å². The van der Waals surface area contributed by atoms with Crippen LogP contribution in [0.1, 0.15) is 36.8 Å². The van der Waals surface area contributed by atoms with Gasteiger partial charge in [0.2, 0.25) is 5.91 Å². The van der Waals surface area contributed by atoms with Gasteiger partial charge < -0.3 is 10.6 Å². The molecule has 0 radical (unpaired) electrons. The lowest BCUT2D eigenvalue weighted by molar-refractivity contribution is -0.122. The summed E-state index contributed by atoms with van der Waals surface area (Å²) < 4.78 is 14.0. The van der Waals surface area contributed by atoms with Crippen molar-refractivity contribution >= 4 is 11.6 Å². The van der Waals surface area contributed by atoms with Gasteiger partial charge in [-0.25, -0.2) is 4.39 Å². The summed E-state index contributed by atoms with van der Waals surface area (Å²) in [5.74, 6) is -0.0478. The molecule has 2 aromatic rings. The maximum atomic E-state index is 14.0. The number of hydrogen-bond acceptors (Lipinski definition) is 3. The van der Waals surface area contributed by atoms with E-state index >= 15 is 0 Å². The average molecular weight is 367 g/mol. The van der Waals surface area contributed by atoms with Crippen molar-refractivity contribution in [2.75, 3.05) is 18.4 Å². The number of benzene rings is 2. The van der Waals surface area contributed by atoms with Gasteiger partial charge in [-0.2, -0.15) is 0 Å². The Bertz CT molecular complexity index is 825. The Labute approximate surface area is 159 Å². The zero-order valence-electron chi connectivity index (χ0n) is 15.5. The predicted molar refractivity (Wildman–Crippen MR) is 105 cm³/mol. The molecule has 0 saturated carbocycles. The fraction of sp³-hybridized carbons (Fsp3) is 0.409. The minimum atomic E-state index is -0.245. The van der Waals surface area contributed by atoms with E-state index in [0.717, 1.165) is 49.2 Å². The van der Waals surface area contributed by atoms with E-state index in [0.29, 0.717) is 19.5 Å². The van der Waals surface area contributed by atoms with Crippen LogP contribution in [0.15, 0.2) is 48.5 Å². The summed E-state index contributed by atoms with van der Waals surface area (Å²) in [6.45, 7) is 2.95. The Morgan fingerprint density at radius 3 is 2.74 bits per heavy atom. The van der Waals surface area contributed by atoms with Crippen molar-refractivity contribution in [3.05, 3.63) is 65.5 Å². The highest BCUT2D eigenvalue weighted by Crippen LogP contribution is 2.33. The first kappa shape index (κ1) is 18.0. The molecule has 0 aliphatic carbocycles. The molecule has 2 heterocycles. The predicted octanol–water partition coefficient (Wildman–Crippen LogP) is 3.68. The standard InChI is InChI=1S/C22H26FN3O/c23-19-8-3-1-7-18(19)16-26-12-5-10-22(11-13-26)14-21(27)24-15-17-6-2-4-9-20(17)25-22/h1-4,6-9,25H,5,10-16H2,(H,24,27)/t22-/m1/s1. The molecule has 1 saturated heterocycles. The van der Waals surface area contributed by atoms with E-state index < -0.39 is 0 Å². The van der Waals surface area contributed by atoms with Crippen LogP contribution in [0.5, 0.6) is 0 Å². The molecule has 0 bridgehead atoms. The van der Waals surface area contributed by atoms with Crippen molar-refractivity contribution in [3.8, 4) is 0 Å². The highest BCUT2D eigenvalue weighted by molar-refractivity contribution is 5.79. The number of hydrogen-bond donors (Lipinski definition) is 2. The van der Waals surface area contributed by atoms with Gasteiger partial charge in [0.25, 0.3) is 0 Å². The zero-order chi connectivity index (χ0) is 18.7. The summed E-state index contributed by atoms with van der Waals surface area (Å²) in [6.07, 6.45) is 3.26. The smallest absolute Gasteiger partial charge is 0.222 e. The van der Waals surface area contributed by atoms with E-state index in [1.807, 2.05) is 24.3 Å². The van der Waals surface area contributed by atoms with Gasteiger partial charge in [0.05, 0.1) is 0 Å². The second-order valence-electron chi connectivity index (χ2n) is 7.74. The Kier molecular flexibility index (Phi) is 5.12. The van der Waals surface area contributed by atoms with Crippen molar-refractivity contribution in [2.24, 2.45) is 0 Å². The Balaban J connectivity index is 1.52. The molecular formula is C22H26FN3O. The maximum absolute atomic E-state index is 14.0. The SMILES string of the molecule is O=C1C[C@]2(CCCN(Cc3ccccc3F)CC2)Nc2ccccc2CN1. The van der Waals surface area contributed by atoms with Gasteiger partial charge in [0.1, 0.15) is 5.82 Å². The van der Waals surface area contributed by atoms with Gasteiger partial charge in [-0.3, -0.25) is 9.69 Å². The van der Waals surface area contributed by atoms with E-state index in [1.54, 1.807) is 6.07 Å². The van der Waals surface area contributed by atoms with Gasteiger partial charge in [0, 0.05) is 42.8 Å². The molecule has 4 rings (SSSR count). The molecule has 1 fully saturated rings. The Hall–Kier alpha value is -2.40. The van der Waals surface area contributed by atoms with Crippen molar-refractivity contribution in [1.82, 2.24) is 10.2 Å². The number of nitrogens with one attached hydrogen (secondary N) is 2. The lowest BCUT2D eigenvalue weighted by Crippen LogP contribution is -2.46. The summed E-state index contributed by atoms with van der Waals surface area (Å²) >= 11 is 0. The summed E-state index contributed by atoms with van der Waals surface area (Å²) in [6, 6.07) is 15.2. The number of carbonyl (C=O) groups is 1. The number of nitrogens with zero attached hydrogens (tertiary/aromatic N) is 1. The highest BCUT2D eigenvalue weighted by atomic mass is 19.1. The molecule has 4 nitrogen and oxygen atoms in total. The van der Waals surface area contributed by atoms with Crippen LogP contribution in [-0.2, 0) is 17.9 Å². The van der Waals surface area contributed by atoms with E-state index in [2.05, 4.69) is 27.7 Å². The van der Waals surface area contributed by atoms with Gasteiger partial charge in [-0.05, 0) is 43.5 Å². The summed E-state index contributed by atoms with van der Waals surface area (Å²) in [7, 11) is 0. The molecule has 2 aliphatic rings. The van der Waals surface area contributed by atoms with Crippen LogP contribution in [0.2, 0.25) is 0 Å². The molecule has 0 aromatic heterocycles. The van der Waals surface area contributed by atoms with Crippen LogP contribution in [0.3, 0.4) is 0 Å². The number of anilines is 1. The molecule has 1 spiro atoms. The van der Waals surface area contributed by atoms with Gasteiger partial charge in [-0.15, -0.1) is 0 Å². The first-order valence-electron chi connectivity index (χ1n) is 9.72. The lowest BCUT2D eigenvalue weighted by atomic mass is 9.85. The van der Waals surface area contributed by atoms with Crippen molar-refractivity contribution in [1.29, 1.82) is 0 Å². The van der Waals surface area contributed by atoms with E-state index in [9.17, 15) is 9.18 Å². The number of para-hydroxylation sites is 1. The fourth-order valence-corrected chi connectivity index (χ4v) is 4.27. The molecule has 142 valence electrons. The second kappa shape index (κ2) is 7.69. The molecule has 27 heavy (non-hydrogen) atoms. The molecule has 2 N–H and O–H groups in total. The monoisotopic (exact) mass is 367 g/mol. The fourth-order valence-electron chi connectivity index (χ4n) is 4.27. The quantitative estimate of drug-likeness (QED) is 0.851. The van der Waals surface area contributed by atoms with Crippen molar-refractivity contribution in [2.45, 2.75) is 44.3 Å². The second-order valence-corrected chi connectivity index (χ2v) is 7.74. The normalized spacial score (nSPS) is 23.5. The number of carbonyl (C=O) groups excluding carboxylic acids is 1. The molecule has 1 amide bonds. The summed E-state index contributed by atoms with van der Waals surface area (Å²) in [4.78, 5) is 14.7. The van der Waals surface area contributed by atoms with Crippen LogP contribution in [0, 0.1) is 5.82 Å². The third-order valence-electron chi connectivity index (χ3n) is 5.78.